The topological polar surface area (TPSA) is 111 Å². The van der Waals surface area contributed by atoms with Crippen molar-refractivity contribution in [3.63, 3.8) is 0 Å². The molecule has 11 heteroatoms. The Morgan fingerprint density at radius 1 is 0.923 bits per heavy atom. The van der Waals surface area contributed by atoms with Gasteiger partial charge in [-0.3, -0.25) is 4.79 Å². The molecule has 0 unspecified atom stereocenters. The molecule has 268 valence electrons. The lowest BCUT2D eigenvalue weighted by atomic mass is 9.98. The molecule has 3 aromatic heterocycles. The van der Waals surface area contributed by atoms with Crippen LogP contribution in [0.3, 0.4) is 0 Å². The van der Waals surface area contributed by atoms with Crippen molar-refractivity contribution in [3.8, 4) is 34.5 Å². The van der Waals surface area contributed by atoms with Crippen molar-refractivity contribution in [3.05, 3.63) is 123 Å². The van der Waals surface area contributed by atoms with Crippen molar-refractivity contribution in [2.24, 2.45) is 0 Å². The Morgan fingerprint density at radius 2 is 1.69 bits per heavy atom. The van der Waals surface area contributed by atoms with E-state index < -0.39 is 0 Å². The summed E-state index contributed by atoms with van der Waals surface area (Å²) in [7, 11) is 1.60. The van der Waals surface area contributed by atoms with Crippen LogP contribution in [0.1, 0.15) is 66.5 Å². The lowest BCUT2D eigenvalue weighted by Crippen LogP contribution is -2.10. The number of thiazole rings is 1. The van der Waals surface area contributed by atoms with E-state index in [0.717, 1.165) is 38.6 Å². The van der Waals surface area contributed by atoms with E-state index in [0.29, 0.717) is 41.3 Å². The molecule has 0 aliphatic heterocycles. The van der Waals surface area contributed by atoms with Crippen LogP contribution >= 0.6 is 11.3 Å². The minimum atomic E-state index is -0.257. The van der Waals surface area contributed by atoms with Crippen molar-refractivity contribution in [2.45, 2.75) is 59.7 Å². The maximum Gasteiger partial charge on any atom is 0.310 e. The molecule has 0 atom stereocenters. The first-order valence-corrected chi connectivity index (χ1v) is 17.9. The molecular formula is C41H42N4O6S. The van der Waals surface area contributed by atoms with E-state index in [-0.39, 0.29) is 31.0 Å². The predicted octanol–water partition coefficient (Wildman–Crippen LogP) is 9.03. The molecular weight excluding hydrogens is 677 g/mol. The van der Waals surface area contributed by atoms with Gasteiger partial charge in [0, 0.05) is 22.6 Å². The number of esters is 1. The van der Waals surface area contributed by atoms with Crippen LogP contribution in [0.5, 0.6) is 17.4 Å². The highest BCUT2D eigenvalue weighted by Gasteiger charge is 2.18. The van der Waals surface area contributed by atoms with Gasteiger partial charge in [-0.25, -0.2) is 14.6 Å². The highest BCUT2D eigenvalue weighted by Crippen LogP contribution is 2.32. The lowest BCUT2D eigenvalue weighted by molar-refractivity contribution is -0.142. The molecule has 0 radical (unpaired) electrons. The third-order valence-electron chi connectivity index (χ3n) is 8.04. The second-order valence-electron chi connectivity index (χ2n) is 13.1. The Morgan fingerprint density at radius 3 is 2.40 bits per heavy atom. The van der Waals surface area contributed by atoms with Gasteiger partial charge in [0.1, 0.15) is 24.7 Å². The average Bonchev–Trinajstić information content (AvgIpc) is 3.88. The minimum Gasteiger partial charge on any atom is -0.493 e. The summed E-state index contributed by atoms with van der Waals surface area (Å²) in [6.45, 7) is 10.9. The zero-order chi connectivity index (χ0) is 36.7. The van der Waals surface area contributed by atoms with Gasteiger partial charge in [0.25, 0.3) is 0 Å². The number of carbonyl (C=O) groups excluding carboxylic acids is 1. The number of hydrogen-bond donors (Lipinski definition) is 0. The molecule has 6 rings (SSSR count). The summed E-state index contributed by atoms with van der Waals surface area (Å²) in [6.07, 6.45) is 6.14. The van der Waals surface area contributed by atoms with Gasteiger partial charge in [0.2, 0.25) is 11.8 Å². The van der Waals surface area contributed by atoms with Crippen molar-refractivity contribution in [2.75, 3.05) is 13.7 Å². The number of aryl methyl sites for hydroxylation is 1. The van der Waals surface area contributed by atoms with Crippen LogP contribution in [-0.4, -0.2) is 39.4 Å². The van der Waals surface area contributed by atoms with E-state index in [1.54, 1.807) is 25.4 Å². The quantitative estimate of drug-likeness (QED) is 0.102. The number of methoxy groups -OCH3 is 1. The number of ether oxygens (including phenoxy) is 4. The predicted molar refractivity (Wildman–Crippen MR) is 202 cm³/mol. The highest BCUT2D eigenvalue weighted by atomic mass is 32.1. The van der Waals surface area contributed by atoms with Crippen LogP contribution in [0.2, 0.25) is 0 Å². The Hall–Kier alpha value is -5.68. The van der Waals surface area contributed by atoms with E-state index >= 15 is 0 Å². The third kappa shape index (κ3) is 8.96. The monoisotopic (exact) mass is 718 g/mol. The summed E-state index contributed by atoms with van der Waals surface area (Å²) in [4.78, 5) is 21.3. The summed E-state index contributed by atoms with van der Waals surface area (Å²) in [5, 5.41) is 7.91. The van der Waals surface area contributed by atoms with Crippen LogP contribution < -0.4 is 14.2 Å². The standard InChI is InChI=1S/C41H42N4O6S/c1-7-48-37(46)22-28-13-16-30(17-14-28)38-43-34(27(2)51-38)25-49-35-20-15-29(21-36(35)47-6)24-50-39-31(23-45(44-39)33-11-9-8-10-12-33)18-19-32-26-52-40(42-32)41(3,4)5/h8-21,23,26H,7,22,24-25H2,1-6H3/b19-18+. The molecule has 0 amide bonds. The van der Waals surface area contributed by atoms with E-state index in [4.69, 9.17) is 33.4 Å². The number of rotatable bonds is 14. The van der Waals surface area contributed by atoms with E-state index in [9.17, 15) is 4.79 Å². The fourth-order valence-corrected chi connectivity index (χ4v) is 6.12. The van der Waals surface area contributed by atoms with Crippen LogP contribution in [0.15, 0.2) is 88.8 Å². The van der Waals surface area contributed by atoms with E-state index in [2.05, 4.69) is 31.1 Å². The molecule has 3 heterocycles. The third-order valence-corrected chi connectivity index (χ3v) is 9.33. The number of hydrogen-bond acceptors (Lipinski definition) is 10. The van der Waals surface area contributed by atoms with Gasteiger partial charge in [0.15, 0.2) is 11.5 Å². The van der Waals surface area contributed by atoms with Crippen molar-refractivity contribution < 1.29 is 28.2 Å². The van der Waals surface area contributed by atoms with Gasteiger partial charge in [-0.2, -0.15) is 0 Å². The van der Waals surface area contributed by atoms with Crippen LogP contribution in [0.4, 0.5) is 0 Å². The maximum absolute atomic E-state index is 11.8. The summed E-state index contributed by atoms with van der Waals surface area (Å²) < 4.78 is 30.9. The summed E-state index contributed by atoms with van der Waals surface area (Å²) in [5.74, 6) is 2.49. The molecule has 52 heavy (non-hydrogen) atoms. The van der Waals surface area contributed by atoms with Crippen molar-refractivity contribution in [1.82, 2.24) is 19.7 Å². The molecule has 0 spiro atoms. The molecule has 0 saturated heterocycles. The SMILES string of the molecule is CCOC(=O)Cc1ccc(-c2nc(COc3ccc(COc4nn(-c5ccccc5)cc4/C=C/c4csc(C(C)(C)C)n4)cc3OC)c(C)o2)cc1. The zero-order valence-corrected chi connectivity index (χ0v) is 31.0. The Kier molecular flexibility index (Phi) is 11.2. The highest BCUT2D eigenvalue weighted by molar-refractivity contribution is 7.09. The Bertz CT molecular complexity index is 2140. The van der Waals surface area contributed by atoms with Crippen LogP contribution in [-0.2, 0) is 34.6 Å². The smallest absolute Gasteiger partial charge is 0.310 e. The Labute approximate surface area is 307 Å². The summed E-state index contributed by atoms with van der Waals surface area (Å²) in [6, 6.07) is 23.1. The number of aromatic nitrogens is 4. The minimum absolute atomic E-state index is 0.00781. The fourth-order valence-electron chi connectivity index (χ4n) is 5.24. The number of nitrogens with zero attached hydrogens (tertiary/aromatic N) is 4. The zero-order valence-electron chi connectivity index (χ0n) is 30.2. The Balaban J connectivity index is 1.13. The van der Waals surface area contributed by atoms with Gasteiger partial charge in [-0.05, 0) is 73.5 Å². The van der Waals surface area contributed by atoms with Gasteiger partial charge in [0.05, 0.1) is 42.1 Å². The van der Waals surface area contributed by atoms with E-state index in [1.165, 1.54) is 0 Å². The van der Waals surface area contributed by atoms with E-state index in [1.807, 2.05) is 103 Å². The van der Waals surface area contributed by atoms with Crippen molar-refractivity contribution >= 4 is 29.5 Å². The molecule has 0 fully saturated rings. The molecule has 3 aromatic carbocycles. The lowest BCUT2D eigenvalue weighted by Gasteiger charge is -2.13. The normalized spacial score (nSPS) is 11.6. The van der Waals surface area contributed by atoms with Crippen LogP contribution in [0, 0.1) is 6.92 Å². The fraction of sp³-hybridized carbons (Fsp3) is 0.268. The summed E-state index contributed by atoms with van der Waals surface area (Å²) >= 11 is 1.66. The molecule has 0 N–H and O–H groups in total. The van der Waals surface area contributed by atoms with Gasteiger partial charge < -0.3 is 23.4 Å². The number of para-hydroxylation sites is 1. The first-order valence-electron chi connectivity index (χ1n) is 17.0. The summed E-state index contributed by atoms with van der Waals surface area (Å²) in [5.41, 5.74) is 5.85. The van der Waals surface area contributed by atoms with Gasteiger partial charge >= 0.3 is 5.97 Å². The molecule has 0 aliphatic rings. The molecule has 0 bridgehead atoms. The van der Waals surface area contributed by atoms with Gasteiger partial charge in [-0.1, -0.05) is 57.2 Å². The maximum atomic E-state index is 11.8. The molecule has 0 saturated carbocycles. The second-order valence-corrected chi connectivity index (χ2v) is 14.0. The molecule has 0 aliphatic carbocycles. The number of carbonyl (C=O) groups is 1. The average molecular weight is 719 g/mol. The van der Waals surface area contributed by atoms with Crippen LogP contribution in [0.25, 0.3) is 29.3 Å². The molecule has 6 aromatic rings. The van der Waals surface area contributed by atoms with Gasteiger partial charge in [-0.15, -0.1) is 16.4 Å². The first-order chi connectivity index (χ1) is 25.1. The van der Waals surface area contributed by atoms with Crippen molar-refractivity contribution in [1.29, 1.82) is 0 Å². The molecule has 10 nitrogen and oxygen atoms in total. The number of benzene rings is 3. The second kappa shape index (κ2) is 16.1. The number of oxazole rings is 1. The largest absolute Gasteiger partial charge is 0.493 e. The first kappa shape index (κ1) is 36.1.